The molecule has 0 aromatic heterocycles. The van der Waals surface area contributed by atoms with E-state index in [0.29, 0.717) is 0 Å². The van der Waals surface area contributed by atoms with Gasteiger partial charge >= 0.3 is 139 Å². The first-order valence-electron chi connectivity index (χ1n) is 4.35. The summed E-state index contributed by atoms with van der Waals surface area (Å²) in [6.45, 7) is 0. The van der Waals surface area contributed by atoms with Gasteiger partial charge in [-0.2, -0.15) is 0 Å². The summed E-state index contributed by atoms with van der Waals surface area (Å²) in [7, 11) is 0. The minimum absolute atomic E-state index is 0.841. The summed E-state index contributed by atoms with van der Waals surface area (Å²) in [4.78, 5) is 0. The molecule has 0 atom stereocenters. The molecule has 0 saturated heterocycles. The average molecular weight is 544 g/mol. The molecule has 8 heteroatoms. The quantitative estimate of drug-likeness (QED) is 0.431. The van der Waals surface area contributed by atoms with Gasteiger partial charge in [0.2, 0.25) is 0 Å². The van der Waals surface area contributed by atoms with Crippen molar-refractivity contribution in [3.05, 3.63) is 23.7 Å². The van der Waals surface area contributed by atoms with Gasteiger partial charge in [-0.15, -0.1) is 0 Å². The maximum atomic E-state index is 2.13. The van der Waals surface area contributed by atoms with E-state index in [1.807, 2.05) is 0 Å². The van der Waals surface area contributed by atoms with Crippen LogP contribution in [-0.4, -0.2) is 59.8 Å². The molecule has 4 aliphatic heterocycles. The first-order valence-corrected chi connectivity index (χ1v) is 15.9. The van der Waals surface area contributed by atoms with Crippen LogP contribution in [0.5, 0.6) is 0 Å². The Morgan fingerprint density at radius 2 is 0.875 bits per heavy atom. The zero-order chi connectivity index (χ0) is 10.5. The molecule has 0 aromatic rings. The number of hydrogen-bond donors (Lipinski definition) is 0. The van der Waals surface area contributed by atoms with Gasteiger partial charge < -0.3 is 0 Å². The summed E-state index contributed by atoms with van der Waals surface area (Å²) < 4.78 is 13.5. The van der Waals surface area contributed by atoms with Crippen LogP contribution in [0.2, 0.25) is 8.44 Å². The van der Waals surface area contributed by atoms with Gasteiger partial charge in [0.25, 0.3) is 0 Å². The fraction of sp³-hybridized carbons (Fsp3) is 0.250. The van der Waals surface area contributed by atoms with E-state index in [4.69, 9.17) is 0 Å². The van der Waals surface area contributed by atoms with E-state index in [9.17, 15) is 0 Å². The Balaban J connectivity index is 1.56. The predicted octanol–water partition coefficient (Wildman–Crippen LogP) is 2.92. The summed E-state index contributed by atoms with van der Waals surface area (Å²) >= 11 is 11.9. The first-order chi connectivity index (χ1) is 7.90. The normalized spacial score (nSPS) is 28.5. The second-order valence-corrected chi connectivity index (χ2v) is 21.9. The Morgan fingerprint density at radius 1 is 0.562 bits per heavy atom. The molecule has 4 heterocycles. The summed E-state index contributed by atoms with van der Waals surface area (Å²) in [5.74, 6) is 0. The van der Waals surface area contributed by atoms with Gasteiger partial charge in [0.15, 0.2) is 0 Å². The van der Waals surface area contributed by atoms with Crippen LogP contribution in [-0.2, 0) is 0 Å². The third-order valence-electron chi connectivity index (χ3n) is 2.00. The van der Waals surface area contributed by atoms with Gasteiger partial charge in [0.1, 0.15) is 0 Å². The second kappa shape index (κ2) is 5.24. The fourth-order valence-electron chi connectivity index (χ4n) is 1.34. The second-order valence-electron chi connectivity index (χ2n) is 2.95. The Labute approximate surface area is 137 Å². The molecule has 0 unspecified atom stereocenters. The van der Waals surface area contributed by atoms with E-state index in [0.717, 1.165) is 59.8 Å². The SMILES string of the molecule is C1[Se]C2=C(SC(=C3SC4=C(S3)[Se]C[Se]4)S2)[Se]1. The molecule has 4 aliphatic rings. The van der Waals surface area contributed by atoms with E-state index in [2.05, 4.69) is 47.0 Å². The molecular weight excluding hydrogens is 540 g/mol. The van der Waals surface area contributed by atoms with Crippen molar-refractivity contribution in [3.8, 4) is 0 Å². The van der Waals surface area contributed by atoms with Crippen molar-refractivity contribution in [2.75, 3.05) is 0 Å². The van der Waals surface area contributed by atoms with Crippen molar-refractivity contribution in [1.82, 2.24) is 0 Å². The zero-order valence-corrected chi connectivity index (χ0v) is 17.8. The van der Waals surface area contributed by atoms with Crippen LogP contribution >= 0.6 is 47.0 Å². The van der Waals surface area contributed by atoms with Gasteiger partial charge in [-0.25, -0.2) is 0 Å². The maximum absolute atomic E-state index is 2.13. The van der Waals surface area contributed by atoms with E-state index in [1.165, 1.54) is 8.44 Å². The average Bonchev–Trinajstić information content (AvgIpc) is 2.94. The topological polar surface area (TPSA) is 0 Å². The van der Waals surface area contributed by atoms with E-state index in [-0.39, 0.29) is 0 Å². The van der Waals surface area contributed by atoms with Crippen molar-refractivity contribution in [1.29, 1.82) is 0 Å². The Kier molecular flexibility index (Phi) is 4.07. The molecule has 4 rings (SSSR count). The molecule has 0 spiro atoms. The summed E-state index contributed by atoms with van der Waals surface area (Å²) in [5.41, 5.74) is 0. The fourth-order valence-corrected chi connectivity index (χ4v) is 28.9. The van der Waals surface area contributed by atoms with Crippen LogP contribution < -0.4 is 0 Å². The van der Waals surface area contributed by atoms with Crippen LogP contribution in [0, 0.1) is 0 Å². The molecule has 0 aliphatic carbocycles. The molecule has 16 heavy (non-hydrogen) atoms. The van der Waals surface area contributed by atoms with E-state index >= 15 is 0 Å². The van der Waals surface area contributed by atoms with E-state index in [1.54, 1.807) is 23.7 Å². The molecule has 0 saturated carbocycles. The third kappa shape index (κ3) is 2.26. The third-order valence-corrected chi connectivity index (χ3v) is 24.0. The number of thioether (sulfide) groups is 4. The predicted molar refractivity (Wildman–Crippen MR) is 84.1 cm³/mol. The Bertz CT molecular complexity index is 389. The zero-order valence-electron chi connectivity index (χ0n) is 7.68. The Morgan fingerprint density at radius 3 is 1.19 bits per heavy atom. The minimum atomic E-state index is 0.841. The monoisotopic (exact) mass is 548 g/mol. The summed E-state index contributed by atoms with van der Waals surface area (Å²) in [6, 6.07) is 0. The van der Waals surface area contributed by atoms with Crippen molar-refractivity contribution in [2.24, 2.45) is 0 Å². The van der Waals surface area contributed by atoms with Crippen molar-refractivity contribution < 1.29 is 0 Å². The molecule has 0 aromatic carbocycles. The molecule has 0 N–H and O–H groups in total. The molecule has 0 fully saturated rings. The van der Waals surface area contributed by atoms with Gasteiger partial charge in [-0.3, -0.25) is 0 Å². The molecule has 0 bridgehead atoms. The van der Waals surface area contributed by atoms with Crippen molar-refractivity contribution >= 4 is 107 Å². The van der Waals surface area contributed by atoms with Crippen LogP contribution in [0.4, 0.5) is 0 Å². The summed E-state index contributed by atoms with van der Waals surface area (Å²) in [5, 5.41) is 0. The molecule has 84 valence electrons. The first kappa shape index (κ1) is 12.4. The summed E-state index contributed by atoms with van der Waals surface area (Å²) in [6.07, 6.45) is 0. The van der Waals surface area contributed by atoms with E-state index < -0.39 is 0 Å². The van der Waals surface area contributed by atoms with Gasteiger partial charge in [-0.1, -0.05) is 0 Å². The molecule has 0 nitrogen and oxygen atoms in total. The van der Waals surface area contributed by atoms with Crippen LogP contribution in [0.1, 0.15) is 0 Å². The van der Waals surface area contributed by atoms with Gasteiger partial charge in [0, 0.05) is 0 Å². The van der Waals surface area contributed by atoms with Crippen molar-refractivity contribution in [3.63, 3.8) is 0 Å². The standard InChI is InChI=1S/C8H4S4Se4/c1-13-5-6(14-1)10-3(9-5)4-11-7-8(12-4)16-2-15-7/h1-2H2. The van der Waals surface area contributed by atoms with Gasteiger partial charge in [-0.05, 0) is 0 Å². The van der Waals surface area contributed by atoms with Crippen LogP contribution in [0.15, 0.2) is 23.7 Å². The molecule has 0 amide bonds. The number of hydrogen-bond acceptors (Lipinski definition) is 4. The number of rotatable bonds is 0. The van der Waals surface area contributed by atoms with Crippen LogP contribution in [0.3, 0.4) is 0 Å². The Hall–Kier alpha value is 2.70. The van der Waals surface area contributed by atoms with Crippen LogP contribution in [0.25, 0.3) is 0 Å². The van der Waals surface area contributed by atoms with Gasteiger partial charge in [0.05, 0.1) is 0 Å². The molecular formula is C8H4S4Se4. The molecule has 0 radical (unpaired) electrons. The van der Waals surface area contributed by atoms with Crippen molar-refractivity contribution in [2.45, 2.75) is 8.44 Å².